The molecule has 2 unspecified atom stereocenters. The van der Waals surface area contributed by atoms with E-state index in [-0.39, 0.29) is 12.8 Å². The number of aliphatic carboxylic acids is 1. The van der Waals surface area contributed by atoms with Gasteiger partial charge in [0.05, 0.1) is 0 Å². The Kier molecular flexibility index (Phi) is 5.24. The van der Waals surface area contributed by atoms with Gasteiger partial charge in [0.25, 0.3) is 0 Å². The van der Waals surface area contributed by atoms with Crippen LogP contribution in [0.5, 0.6) is 0 Å². The van der Waals surface area contributed by atoms with Crippen molar-refractivity contribution in [1.29, 1.82) is 0 Å². The van der Waals surface area contributed by atoms with Gasteiger partial charge in [0.15, 0.2) is 0 Å². The van der Waals surface area contributed by atoms with E-state index in [1.54, 1.807) is 19.2 Å². The first kappa shape index (κ1) is 15.8. The molecule has 1 aromatic heterocycles. The van der Waals surface area contributed by atoms with Crippen LogP contribution in [0, 0.1) is 0 Å². The maximum atomic E-state index is 11.7. The van der Waals surface area contributed by atoms with Crippen LogP contribution < -0.4 is 0 Å². The van der Waals surface area contributed by atoms with Crippen LogP contribution >= 0.6 is 21.6 Å². The smallest absolute Gasteiger partial charge is 0.328 e. The Morgan fingerprint density at radius 2 is 2.00 bits per heavy atom. The van der Waals surface area contributed by atoms with Crippen molar-refractivity contribution in [2.45, 2.75) is 36.1 Å². The van der Waals surface area contributed by atoms with E-state index in [9.17, 15) is 19.5 Å². The summed E-state index contributed by atoms with van der Waals surface area (Å²) in [5, 5.41) is 9.66. The number of pyridine rings is 1. The summed E-state index contributed by atoms with van der Waals surface area (Å²) < 4.78 is 0. The second-order valence-corrected chi connectivity index (χ2v) is 7.09. The van der Waals surface area contributed by atoms with Gasteiger partial charge in [0, 0.05) is 24.3 Å². The summed E-state index contributed by atoms with van der Waals surface area (Å²) in [6, 6.07) is 4.29. The number of carbonyl (C=O) groups excluding carboxylic acids is 2. The average molecular weight is 326 g/mol. The predicted molar refractivity (Wildman–Crippen MR) is 79.7 cm³/mol. The minimum atomic E-state index is -1.17. The lowest BCUT2D eigenvalue weighted by molar-refractivity contribution is -0.154. The SMILES string of the molecule is CC(SSc1ccccn1)C(C(=O)O)N1C(=O)CCC1=O. The molecule has 1 aromatic rings. The van der Waals surface area contributed by atoms with Gasteiger partial charge in [-0.1, -0.05) is 16.9 Å². The van der Waals surface area contributed by atoms with Gasteiger partial charge in [-0.15, -0.1) is 0 Å². The normalized spacial score (nSPS) is 17.9. The second-order valence-electron chi connectivity index (χ2n) is 4.49. The van der Waals surface area contributed by atoms with Crippen LogP contribution in [0.15, 0.2) is 29.4 Å². The number of carbonyl (C=O) groups is 3. The third-order valence-electron chi connectivity index (χ3n) is 2.99. The lowest BCUT2D eigenvalue weighted by Gasteiger charge is -2.26. The van der Waals surface area contributed by atoms with Crippen LogP contribution in [0.3, 0.4) is 0 Å². The van der Waals surface area contributed by atoms with Crippen molar-refractivity contribution in [1.82, 2.24) is 9.88 Å². The molecule has 21 heavy (non-hydrogen) atoms. The summed E-state index contributed by atoms with van der Waals surface area (Å²) in [7, 11) is 2.61. The quantitative estimate of drug-likeness (QED) is 0.630. The van der Waals surface area contributed by atoms with Gasteiger partial charge in [0.1, 0.15) is 11.1 Å². The van der Waals surface area contributed by atoms with Crippen LogP contribution in [0.1, 0.15) is 19.8 Å². The molecule has 1 aliphatic heterocycles. The largest absolute Gasteiger partial charge is 0.480 e. The highest BCUT2D eigenvalue weighted by atomic mass is 33.1. The highest BCUT2D eigenvalue weighted by Gasteiger charge is 2.42. The molecule has 1 saturated heterocycles. The minimum Gasteiger partial charge on any atom is -0.480 e. The molecule has 2 rings (SSSR count). The van der Waals surface area contributed by atoms with Gasteiger partial charge in [-0.05, 0) is 29.9 Å². The van der Waals surface area contributed by atoms with Gasteiger partial charge in [0.2, 0.25) is 11.8 Å². The zero-order valence-corrected chi connectivity index (χ0v) is 12.9. The Bertz CT molecular complexity index is 536. The molecule has 2 heterocycles. The van der Waals surface area contributed by atoms with Crippen molar-refractivity contribution in [3.63, 3.8) is 0 Å². The molecule has 0 radical (unpaired) electrons. The summed E-state index contributed by atoms with van der Waals surface area (Å²) in [6.07, 6.45) is 1.83. The molecule has 0 saturated carbocycles. The number of amides is 2. The number of carboxylic acid groups (broad SMARTS) is 1. The van der Waals surface area contributed by atoms with Gasteiger partial charge in [-0.25, -0.2) is 9.78 Å². The van der Waals surface area contributed by atoms with E-state index in [0.29, 0.717) is 0 Å². The number of aromatic nitrogens is 1. The second kappa shape index (κ2) is 6.95. The standard InChI is InChI=1S/C13H14N2O4S2/c1-8(20-21-9-4-2-3-7-14-9)12(13(18)19)15-10(16)5-6-11(15)17/h2-4,7-8,12H,5-6H2,1H3,(H,18,19). The molecular weight excluding hydrogens is 312 g/mol. The number of carboxylic acids is 1. The fourth-order valence-corrected chi connectivity index (χ4v) is 4.19. The Labute approximate surface area is 129 Å². The number of hydrogen-bond donors (Lipinski definition) is 1. The molecule has 1 fully saturated rings. The Morgan fingerprint density at radius 1 is 1.33 bits per heavy atom. The number of rotatable bonds is 6. The summed E-state index contributed by atoms with van der Waals surface area (Å²) in [5.41, 5.74) is 0. The minimum absolute atomic E-state index is 0.0907. The Morgan fingerprint density at radius 3 is 2.52 bits per heavy atom. The van der Waals surface area contributed by atoms with Gasteiger partial charge in [-0.2, -0.15) is 0 Å². The fourth-order valence-electron chi connectivity index (χ4n) is 2.00. The topological polar surface area (TPSA) is 87.6 Å². The highest BCUT2D eigenvalue weighted by Crippen LogP contribution is 2.36. The van der Waals surface area contributed by atoms with E-state index >= 15 is 0 Å². The molecule has 1 N–H and O–H groups in total. The molecule has 1 aliphatic rings. The van der Waals surface area contributed by atoms with Crippen LogP contribution in [0.2, 0.25) is 0 Å². The summed E-state index contributed by atoms with van der Waals surface area (Å²) in [4.78, 5) is 39.9. The van der Waals surface area contributed by atoms with Crippen LogP contribution in [0.4, 0.5) is 0 Å². The van der Waals surface area contributed by atoms with E-state index in [2.05, 4.69) is 4.98 Å². The molecule has 2 atom stereocenters. The predicted octanol–water partition coefficient (Wildman–Crippen LogP) is 1.81. The number of nitrogens with zero attached hydrogens (tertiary/aromatic N) is 2. The Balaban J connectivity index is 2.06. The molecule has 2 amide bonds. The van der Waals surface area contributed by atoms with E-state index in [1.807, 2.05) is 12.1 Å². The number of imide groups is 1. The number of hydrogen-bond acceptors (Lipinski definition) is 6. The maximum absolute atomic E-state index is 11.7. The maximum Gasteiger partial charge on any atom is 0.328 e. The van der Waals surface area contributed by atoms with Crippen LogP contribution in [0.25, 0.3) is 0 Å². The summed E-state index contributed by atoms with van der Waals surface area (Å²) in [5.74, 6) is -1.99. The Hall–Kier alpha value is -1.54. The lowest BCUT2D eigenvalue weighted by atomic mass is 10.2. The molecule has 8 heteroatoms. The zero-order chi connectivity index (χ0) is 15.4. The van der Waals surface area contributed by atoms with E-state index < -0.39 is 29.1 Å². The van der Waals surface area contributed by atoms with Gasteiger partial charge < -0.3 is 5.11 Å². The summed E-state index contributed by atoms with van der Waals surface area (Å²) >= 11 is 0. The molecule has 0 aliphatic carbocycles. The third kappa shape index (κ3) is 3.76. The fraction of sp³-hybridized carbons (Fsp3) is 0.385. The van der Waals surface area contributed by atoms with Crippen molar-refractivity contribution >= 4 is 39.4 Å². The van der Waals surface area contributed by atoms with Crippen molar-refractivity contribution in [2.24, 2.45) is 0 Å². The monoisotopic (exact) mass is 326 g/mol. The third-order valence-corrected chi connectivity index (χ3v) is 5.77. The van der Waals surface area contributed by atoms with Crippen molar-refractivity contribution in [2.75, 3.05) is 0 Å². The lowest BCUT2D eigenvalue weighted by Crippen LogP contribution is -2.49. The van der Waals surface area contributed by atoms with Gasteiger partial charge in [-0.3, -0.25) is 14.5 Å². The van der Waals surface area contributed by atoms with Crippen LogP contribution in [-0.4, -0.2) is 44.1 Å². The van der Waals surface area contributed by atoms with Crippen LogP contribution in [-0.2, 0) is 14.4 Å². The zero-order valence-electron chi connectivity index (χ0n) is 11.3. The molecule has 0 bridgehead atoms. The molecule has 0 spiro atoms. The van der Waals surface area contributed by atoms with Crippen molar-refractivity contribution in [3.05, 3.63) is 24.4 Å². The average Bonchev–Trinajstić information content (AvgIpc) is 2.78. The van der Waals surface area contributed by atoms with E-state index in [0.717, 1.165) is 9.93 Å². The van der Waals surface area contributed by atoms with E-state index in [4.69, 9.17) is 0 Å². The first-order valence-corrected chi connectivity index (χ1v) is 8.54. The first-order valence-electron chi connectivity index (χ1n) is 6.32. The van der Waals surface area contributed by atoms with Crippen molar-refractivity contribution < 1.29 is 19.5 Å². The molecular formula is C13H14N2O4S2. The summed E-state index contributed by atoms with van der Waals surface area (Å²) in [6.45, 7) is 1.69. The molecule has 0 aromatic carbocycles. The molecule has 6 nitrogen and oxygen atoms in total. The van der Waals surface area contributed by atoms with Crippen molar-refractivity contribution in [3.8, 4) is 0 Å². The van der Waals surface area contributed by atoms with Gasteiger partial charge >= 0.3 is 5.97 Å². The number of likely N-dealkylation sites (tertiary alicyclic amines) is 1. The molecule has 112 valence electrons. The highest BCUT2D eigenvalue weighted by molar-refractivity contribution is 8.76. The first-order chi connectivity index (χ1) is 10.0. The van der Waals surface area contributed by atoms with E-state index in [1.165, 1.54) is 21.6 Å².